The highest BCUT2D eigenvalue weighted by Crippen LogP contribution is 2.33. The molecule has 21 heavy (non-hydrogen) atoms. The van der Waals surface area contributed by atoms with Gasteiger partial charge in [-0.1, -0.05) is 46.4 Å². The molecule has 2 nitrogen and oxygen atoms in total. The molecular weight excluding hydrogens is 350 g/mol. The van der Waals surface area contributed by atoms with Gasteiger partial charge in [-0.15, -0.1) is 0 Å². The molecule has 0 aliphatic rings. The van der Waals surface area contributed by atoms with E-state index in [-0.39, 0.29) is 0 Å². The molecule has 2 aromatic rings. The predicted octanol–water partition coefficient (Wildman–Crippen LogP) is 5.98. The zero-order valence-electron chi connectivity index (χ0n) is 11.6. The summed E-state index contributed by atoms with van der Waals surface area (Å²) in [7, 11) is 3.89. The van der Waals surface area contributed by atoms with Crippen molar-refractivity contribution in [3.05, 3.63) is 56.0 Å². The van der Waals surface area contributed by atoms with Crippen molar-refractivity contribution < 1.29 is 0 Å². The van der Waals surface area contributed by atoms with Crippen LogP contribution < -0.4 is 10.2 Å². The van der Waals surface area contributed by atoms with E-state index in [1.165, 1.54) is 0 Å². The van der Waals surface area contributed by atoms with Gasteiger partial charge in [0.15, 0.2) is 0 Å². The summed E-state index contributed by atoms with van der Waals surface area (Å²) in [6.45, 7) is 0.468. The lowest BCUT2D eigenvalue weighted by Gasteiger charge is -2.16. The molecule has 0 unspecified atom stereocenters. The average Bonchev–Trinajstić information content (AvgIpc) is 2.43. The molecule has 0 spiro atoms. The van der Waals surface area contributed by atoms with Crippen LogP contribution in [0, 0.1) is 0 Å². The van der Waals surface area contributed by atoms with Crippen LogP contribution in [0.15, 0.2) is 30.3 Å². The molecule has 2 rings (SSSR count). The normalized spacial score (nSPS) is 10.6. The van der Waals surface area contributed by atoms with Crippen LogP contribution in [-0.2, 0) is 6.54 Å². The molecule has 0 amide bonds. The molecule has 0 aromatic heterocycles. The molecule has 0 aliphatic carbocycles. The van der Waals surface area contributed by atoms with Crippen LogP contribution >= 0.6 is 46.4 Å². The minimum absolute atomic E-state index is 0.465. The summed E-state index contributed by atoms with van der Waals surface area (Å²) in [4.78, 5) is 1.96. The second kappa shape index (κ2) is 6.97. The monoisotopic (exact) mass is 362 g/mol. The first-order valence-electron chi connectivity index (χ1n) is 6.23. The second-order valence-corrected chi connectivity index (χ2v) is 6.34. The van der Waals surface area contributed by atoms with Crippen molar-refractivity contribution in [2.45, 2.75) is 6.54 Å². The highest BCUT2D eigenvalue weighted by Gasteiger charge is 2.10. The number of nitrogens with one attached hydrogen (secondary N) is 1. The summed E-state index contributed by atoms with van der Waals surface area (Å²) >= 11 is 24.6. The molecule has 0 bridgehead atoms. The Bertz CT molecular complexity index is 656. The van der Waals surface area contributed by atoms with E-state index in [1.807, 2.05) is 37.2 Å². The van der Waals surface area contributed by atoms with Gasteiger partial charge < -0.3 is 10.2 Å². The minimum Gasteiger partial charge on any atom is -0.381 e. The third-order valence-electron chi connectivity index (χ3n) is 3.04. The number of rotatable bonds is 4. The van der Waals surface area contributed by atoms with Crippen LogP contribution in [0.2, 0.25) is 20.1 Å². The summed E-state index contributed by atoms with van der Waals surface area (Å²) in [5.74, 6) is 0. The Hall–Kier alpha value is -0.800. The maximum atomic E-state index is 6.24. The van der Waals surface area contributed by atoms with E-state index >= 15 is 0 Å². The summed E-state index contributed by atoms with van der Waals surface area (Å²) in [6, 6.07) is 9.18. The Morgan fingerprint density at radius 3 is 2.19 bits per heavy atom. The Balaban J connectivity index is 2.18. The van der Waals surface area contributed by atoms with Gasteiger partial charge in [-0.2, -0.15) is 0 Å². The number of nitrogens with zero attached hydrogens (tertiary/aromatic N) is 1. The van der Waals surface area contributed by atoms with Gasteiger partial charge in [0.25, 0.3) is 0 Å². The molecule has 0 saturated heterocycles. The number of halogens is 4. The van der Waals surface area contributed by atoms with E-state index in [9.17, 15) is 0 Å². The first-order valence-corrected chi connectivity index (χ1v) is 7.74. The quantitative estimate of drug-likeness (QED) is 0.672. The van der Waals surface area contributed by atoms with Gasteiger partial charge in [-0.3, -0.25) is 0 Å². The fourth-order valence-corrected chi connectivity index (χ4v) is 2.93. The maximum absolute atomic E-state index is 6.24. The van der Waals surface area contributed by atoms with E-state index in [4.69, 9.17) is 46.4 Å². The first kappa shape index (κ1) is 16.6. The van der Waals surface area contributed by atoms with Gasteiger partial charge in [0.1, 0.15) is 0 Å². The SMILES string of the molecule is CN(C)c1ccc(NCc2c(Cl)ccc(Cl)c2Cl)cc1Cl. The van der Waals surface area contributed by atoms with Gasteiger partial charge in [0.05, 0.1) is 20.8 Å². The molecule has 1 N–H and O–H groups in total. The van der Waals surface area contributed by atoms with Crippen molar-refractivity contribution >= 4 is 57.8 Å². The van der Waals surface area contributed by atoms with Crippen molar-refractivity contribution in [1.82, 2.24) is 0 Å². The molecule has 0 atom stereocenters. The highest BCUT2D eigenvalue weighted by molar-refractivity contribution is 6.44. The van der Waals surface area contributed by atoms with E-state index in [0.29, 0.717) is 26.6 Å². The smallest absolute Gasteiger partial charge is 0.0659 e. The van der Waals surface area contributed by atoms with Gasteiger partial charge >= 0.3 is 0 Å². The predicted molar refractivity (Wildman–Crippen MR) is 94.6 cm³/mol. The summed E-state index contributed by atoms with van der Waals surface area (Å²) in [5, 5.41) is 5.45. The lowest BCUT2D eigenvalue weighted by Crippen LogP contribution is -2.09. The molecule has 6 heteroatoms. The molecule has 0 heterocycles. The van der Waals surface area contributed by atoms with Crippen molar-refractivity contribution in [3.63, 3.8) is 0 Å². The molecule has 0 saturated carbocycles. The number of hydrogen-bond acceptors (Lipinski definition) is 2. The molecule has 0 fully saturated rings. The van der Waals surface area contributed by atoms with Gasteiger partial charge in [-0.05, 0) is 30.3 Å². The number of benzene rings is 2. The molecule has 0 aliphatic heterocycles. The molecule has 112 valence electrons. The summed E-state index contributed by atoms with van der Waals surface area (Å²) < 4.78 is 0. The van der Waals surface area contributed by atoms with Crippen molar-refractivity contribution in [2.75, 3.05) is 24.3 Å². The largest absolute Gasteiger partial charge is 0.381 e. The topological polar surface area (TPSA) is 15.3 Å². The van der Waals surface area contributed by atoms with Gasteiger partial charge in [0, 0.05) is 36.9 Å². The fourth-order valence-electron chi connectivity index (χ4n) is 1.90. The third kappa shape index (κ3) is 3.89. The Labute approximate surface area is 144 Å². The van der Waals surface area contributed by atoms with Crippen molar-refractivity contribution in [2.24, 2.45) is 0 Å². The zero-order valence-corrected chi connectivity index (χ0v) is 14.6. The van der Waals surface area contributed by atoms with Crippen LogP contribution in [0.3, 0.4) is 0 Å². The second-order valence-electron chi connectivity index (χ2n) is 4.74. The van der Waals surface area contributed by atoms with Gasteiger partial charge in [-0.25, -0.2) is 0 Å². The van der Waals surface area contributed by atoms with Gasteiger partial charge in [0.2, 0.25) is 0 Å². The van der Waals surface area contributed by atoms with Crippen molar-refractivity contribution in [1.29, 1.82) is 0 Å². The van der Waals surface area contributed by atoms with Crippen LogP contribution in [0.1, 0.15) is 5.56 Å². The van der Waals surface area contributed by atoms with Crippen LogP contribution in [0.4, 0.5) is 11.4 Å². The lowest BCUT2D eigenvalue weighted by molar-refractivity contribution is 1.12. The molecule has 2 aromatic carbocycles. The molecule has 0 radical (unpaired) electrons. The summed E-state index contributed by atoms with van der Waals surface area (Å²) in [6.07, 6.45) is 0. The average molecular weight is 364 g/mol. The van der Waals surface area contributed by atoms with Crippen LogP contribution in [0.25, 0.3) is 0 Å². The minimum atomic E-state index is 0.465. The van der Waals surface area contributed by atoms with E-state index < -0.39 is 0 Å². The number of hydrogen-bond donors (Lipinski definition) is 1. The fraction of sp³-hybridized carbons (Fsp3) is 0.200. The van der Waals surface area contributed by atoms with Crippen LogP contribution in [-0.4, -0.2) is 14.1 Å². The lowest BCUT2D eigenvalue weighted by atomic mass is 10.2. The van der Waals surface area contributed by atoms with Crippen LogP contribution in [0.5, 0.6) is 0 Å². The molecular formula is C15H14Cl4N2. The third-order valence-corrected chi connectivity index (χ3v) is 4.54. The van der Waals surface area contributed by atoms with E-state index in [2.05, 4.69) is 5.32 Å². The van der Waals surface area contributed by atoms with E-state index in [1.54, 1.807) is 12.1 Å². The first-order chi connectivity index (χ1) is 9.90. The Morgan fingerprint density at radius 2 is 1.57 bits per heavy atom. The highest BCUT2D eigenvalue weighted by atomic mass is 35.5. The van der Waals surface area contributed by atoms with E-state index in [0.717, 1.165) is 16.9 Å². The maximum Gasteiger partial charge on any atom is 0.0659 e. The zero-order chi connectivity index (χ0) is 15.6. The Morgan fingerprint density at radius 1 is 0.905 bits per heavy atom. The summed E-state index contributed by atoms with van der Waals surface area (Å²) in [5.41, 5.74) is 2.61. The standard InChI is InChI=1S/C15H14Cl4N2/c1-21(2)14-6-3-9(7-13(14)18)20-8-10-11(16)4-5-12(17)15(10)19/h3-7,20H,8H2,1-2H3. The van der Waals surface area contributed by atoms with Crippen molar-refractivity contribution in [3.8, 4) is 0 Å². The Kier molecular flexibility index (Phi) is 5.50. The number of anilines is 2.